The van der Waals surface area contributed by atoms with Gasteiger partial charge in [0.1, 0.15) is 5.92 Å². The number of nitrogens with zero attached hydrogens (tertiary/aromatic N) is 2. The van der Waals surface area contributed by atoms with Gasteiger partial charge in [-0.1, -0.05) is 13.8 Å². The van der Waals surface area contributed by atoms with E-state index < -0.39 is 5.92 Å². The molecular formula is C12H21N3O. The van der Waals surface area contributed by atoms with Crippen LogP contribution in [0.5, 0.6) is 0 Å². The second-order valence-electron chi connectivity index (χ2n) is 4.85. The summed E-state index contributed by atoms with van der Waals surface area (Å²) in [5.41, 5.74) is 0. The summed E-state index contributed by atoms with van der Waals surface area (Å²) >= 11 is 0. The van der Waals surface area contributed by atoms with E-state index in [2.05, 4.69) is 17.3 Å². The minimum atomic E-state index is -0.522. The molecule has 1 unspecified atom stereocenters. The fourth-order valence-corrected chi connectivity index (χ4v) is 1.67. The zero-order chi connectivity index (χ0) is 12.1. The number of nitrogens with one attached hydrogen (secondary N) is 1. The third-order valence-electron chi connectivity index (χ3n) is 3.02. The lowest BCUT2D eigenvalue weighted by Crippen LogP contribution is -2.38. The summed E-state index contributed by atoms with van der Waals surface area (Å²) in [6.07, 6.45) is 2.55. The van der Waals surface area contributed by atoms with E-state index >= 15 is 0 Å². The first-order valence-corrected chi connectivity index (χ1v) is 5.93. The third kappa shape index (κ3) is 3.82. The summed E-state index contributed by atoms with van der Waals surface area (Å²) in [7, 11) is 2.08. The van der Waals surface area contributed by atoms with E-state index in [1.165, 1.54) is 12.8 Å². The Balaban J connectivity index is 2.21. The molecule has 0 spiro atoms. The normalized spacial score (nSPS) is 17.2. The molecule has 0 aromatic heterocycles. The zero-order valence-electron chi connectivity index (χ0n) is 10.4. The maximum Gasteiger partial charge on any atom is 0.237 e. The summed E-state index contributed by atoms with van der Waals surface area (Å²) in [6.45, 7) is 5.29. The van der Waals surface area contributed by atoms with Crippen molar-refractivity contribution in [3.63, 3.8) is 0 Å². The molecule has 1 amide bonds. The second-order valence-corrected chi connectivity index (χ2v) is 4.85. The highest BCUT2D eigenvalue weighted by Crippen LogP contribution is 2.24. The van der Waals surface area contributed by atoms with Crippen molar-refractivity contribution in [2.24, 2.45) is 11.8 Å². The molecule has 0 radical (unpaired) electrons. The number of hydrogen-bond acceptors (Lipinski definition) is 3. The fourth-order valence-electron chi connectivity index (χ4n) is 1.67. The predicted molar refractivity (Wildman–Crippen MR) is 62.6 cm³/mol. The molecule has 0 aromatic carbocycles. The van der Waals surface area contributed by atoms with E-state index in [1.54, 1.807) is 0 Å². The zero-order valence-corrected chi connectivity index (χ0v) is 10.4. The smallest absolute Gasteiger partial charge is 0.237 e. The minimum Gasteiger partial charge on any atom is -0.354 e. The highest BCUT2D eigenvalue weighted by molar-refractivity contribution is 5.81. The van der Waals surface area contributed by atoms with Crippen LogP contribution in [0.1, 0.15) is 26.7 Å². The average Bonchev–Trinajstić information content (AvgIpc) is 3.00. The molecule has 0 aliphatic heterocycles. The third-order valence-corrected chi connectivity index (χ3v) is 3.02. The van der Waals surface area contributed by atoms with Crippen LogP contribution in [0.2, 0.25) is 0 Å². The van der Waals surface area contributed by atoms with Gasteiger partial charge in [0, 0.05) is 19.1 Å². The highest BCUT2D eigenvalue weighted by Gasteiger charge is 2.26. The van der Waals surface area contributed by atoms with Gasteiger partial charge in [-0.25, -0.2) is 0 Å². The molecule has 1 rings (SSSR count). The maximum absolute atomic E-state index is 11.6. The summed E-state index contributed by atoms with van der Waals surface area (Å²) in [5.74, 6) is -0.584. The van der Waals surface area contributed by atoms with Crippen LogP contribution in [0, 0.1) is 23.2 Å². The van der Waals surface area contributed by atoms with Crippen molar-refractivity contribution in [1.29, 1.82) is 5.26 Å². The molecule has 1 aliphatic carbocycles. The van der Waals surface area contributed by atoms with Crippen LogP contribution in [-0.4, -0.2) is 37.0 Å². The standard InChI is InChI=1S/C12H21N3O/c1-9(2)11(8-13)12(16)14-6-7-15(3)10-4-5-10/h9-11H,4-7H2,1-3H3,(H,14,16). The van der Waals surface area contributed by atoms with Gasteiger partial charge in [0.2, 0.25) is 5.91 Å². The number of likely N-dealkylation sites (N-methyl/N-ethyl adjacent to an activating group) is 1. The Labute approximate surface area is 97.6 Å². The van der Waals surface area contributed by atoms with Gasteiger partial charge in [-0.2, -0.15) is 5.26 Å². The van der Waals surface area contributed by atoms with E-state index in [1.807, 2.05) is 19.9 Å². The second kappa shape index (κ2) is 5.86. The lowest BCUT2D eigenvalue weighted by Gasteiger charge is -2.17. The molecule has 4 nitrogen and oxygen atoms in total. The lowest BCUT2D eigenvalue weighted by molar-refractivity contribution is -0.124. The van der Waals surface area contributed by atoms with Gasteiger partial charge in [-0.05, 0) is 25.8 Å². The van der Waals surface area contributed by atoms with E-state index in [-0.39, 0.29) is 11.8 Å². The summed E-state index contributed by atoms with van der Waals surface area (Å²) in [6, 6.07) is 2.77. The van der Waals surface area contributed by atoms with Crippen molar-refractivity contribution in [3.8, 4) is 6.07 Å². The molecule has 1 aliphatic rings. The fraction of sp³-hybridized carbons (Fsp3) is 0.833. The van der Waals surface area contributed by atoms with Crippen LogP contribution in [0.4, 0.5) is 0 Å². The summed E-state index contributed by atoms with van der Waals surface area (Å²) < 4.78 is 0. The van der Waals surface area contributed by atoms with Gasteiger partial charge >= 0.3 is 0 Å². The number of nitriles is 1. The molecule has 1 atom stereocenters. The van der Waals surface area contributed by atoms with Crippen molar-refractivity contribution in [1.82, 2.24) is 10.2 Å². The maximum atomic E-state index is 11.6. The van der Waals surface area contributed by atoms with Crippen molar-refractivity contribution >= 4 is 5.91 Å². The number of hydrogen-bond donors (Lipinski definition) is 1. The number of rotatable bonds is 6. The van der Waals surface area contributed by atoms with E-state index in [0.29, 0.717) is 12.6 Å². The first-order valence-electron chi connectivity index (χ1n) is 5.93. The topological polar surface area (TPSA) is 56.1 Å². The van der Waals surface area contributed by atoms with Crippen molar-refractivity contribution in [2.75, 3.05) is 20.1 Å². The van der Waals surface area contributed by atoms with Gasteiger partial charge in [0.15, 0.2) is 0 Å². The van der Waals surface area contributed by atoms with Crippen molar-refractivity contribution in [3.05, 3.63) is 0 Å². The first-order chi connectivity index (χ1) is 7.56. The Morgan fingerprint density at radius 1 is 1.56 bits per heavy atom. The van der Waals surface area contributed by atoms with Crippen LogP contribution in [0.15, 0.2) is 0 Å². The molecule has 0 saturated heterocycles. The Hall–Kier alpha value is -1.08. The molecule has 1 N–H and O–H groups in total. The van der Waals surface area contributed by atoms with Gasteiger partial charge in [-0.3, -0.25) is 4.79 Å². The Bertz CT molecular complexity index is 278. The molecule has 16 heavy (non-hydrogen) atoms. The molecule has 1 saturated carbocycles. The highest BCUT2D eigenvalue weighted by atomic mass is 16.1. The SMILES string of the molecule is CC(C)C(C#N)C(=O)NCCN(C)C1CC1. The monoisotopic (exact) mass is 223 g/mol. The summed E-state index contributed by atoms with van der Waals surface area (Å²) in [4.78, 5) is 13.9. The van der Waals surface area contributed by atoms with Gasteiger partial charge in [0.05, 0.1) is 6.07 Å². The number of amides is 1. The van der Waals surface area contributed by atoms with Crippen molar-refractivity contribution < 1.29 is 4.79 Å². The molecule has 1 fully saturated rings. The predicted octanol–water partition coefficient (Wildman–Crippen LogP) is 0.993. The quantitative estimate of drug-likeness (QED) is 0.730. The molecule has 0 heterocycles. The summed E-state index contributed by atoms with van der Waals surface area (Å²) in [5, 5.41) is 11.7. The lowest BCUT2D eigenvalue weighted by atomic mass is 9.97. The Morgan fingerprint density at radius 3 is 2.62 bits per heavy atom. The van der Waals surface area contributed by atoms with Crippen molar-refractivity contribution in [2.45, 2.75) is 32.7 Å². The molecule has 4 heteroatoms. The molecule has 0 bridgehead atoms. The van der Waals surface area contributed by atoms with E-state index in [0.717, 1.165) is 6.54 Å². The largest absolute Gasteiger partial charge is 0.354 e. The van der Waals surface area contributed by atoms with Gasteiger partial charge in [0.25, 0.3) is 0 Å². The molecule has 0 aromatic rings. The average molecular weight is 223 g/mol. The van der Waals surface area contributed by atoms with Crippen LogP contribution in [0.25, 0.3) is 0 Å². The molecular weight excluding hydrogens is 202 g/mol. The van der Waals surface area contributed by atoms with Gasteiger partial charge < -0.3 is 10.2 Å². The minimum absolute atomic E-state index is 0.0751. The van der Waals surface area contributed by atoms with Crippen LogP contribution < -0.4 is 5.32 Å². The Morgan fingerprint density at radius 2 is 2.19 bits per heavy atom. The van der Waals surface area contributed by atoms with E-state index in [9.17, 15) is 4.79 Å². The van der Waals surface area contributed by atoms with Crippen LogP contribution in [0.3, 0.4) is 0 Å². The first kappa shape index (κ1) is 13.0. The van der Waals surface area contributed by atoms with Crippen LogP contribution in [-0.2, 0) is 4.79 Å². The van der Waals surface area contributed by atoms with Gasteiger partial charge in [-0.15, -0.1) is 0 Å². The number of carbonyl (C=O) groups is 1. The van der Waals surface area contributed by atoms with Crippen LogP contribution >= 0.6 is 0 Å². The molecule has 90 valence electrons. The van der Waals surface area contributed by atoms with E-state index in [4.69, 9.17) is 5.26 Å². The Kier molecular flexibility index (Phi) is 4.75. The number of carbonyl (C=O) groups excluding carboxylic acids is 1.